The van der Waals surface area contributed by atoms with Crippen LogP contribution in [0.25, 0.3) is 0 Å². The maximum absolute atomic E-state index is 12.9. The minimum atomic E-state index is -4.36. The summed E-state index contributed by atoms with van der Waals surface area (Å²) >= 11 is 0. The molecular formula is C16H25F3IN5O2S. The zero-order valence-electron chi connectivity index (χ0n) is 15.7. The average molecular weight is 535 g/mol. The lowest BCUT2D eigenvalue weighted by Gasteiger charge is -2.37. The van der Waals surface area contributed by atoms with Crippen molar-refractivity contribution in [2.45, 2.75) is 6.18 Å². The second-order valence-corrected chi connectivity index (χ2v) is 8.00. The molecule has 0 radical (unpaired) electrons. The van der Waals surface area contributed by atoms with Gasteiger partial charge in [-0.15, -0.1) is 24.0 Å². The third-order valence-corrected chi connectivity index (χ3v) is 4.83. The highest BCUT2D eigenvalue weighted by Crippen LogP contribution is 2.31. The average Bonchev–Trinajstić information content (AvgIpc) is 2.61. The first-order valence-electron chi connectivity index (χ1n) is 8.42. The predicted molar refractivity (Wildman–Crippen MR) is 115 cm³/mol. The van der Waals surface area contributed by atoms with E-state index in [1.54, 1.807) is 13.1 Å². The van der Waals surface area contributed by atoms with Gasteiger partial charge in [-0.1, -0.05) is 6.07 Å². The standard InChI is InChI=1S/C16H24F3N5O2S.HI/c1-20-15(21-6-7-22-27(2,25)26)24-10-8-23(9-11-24)14-5-3-4-13(12-14)16(17,18)19;/h3-5,12,22H,6-11H2,1-2H3,(H,20,21);1H. The predicted octanol–water partition coefficient (Wildman–Crippen LogP) is 1.57. The summed E-state index contributed by atoms with van der Waals surface area (Å²) in [4.78, 5) is 8.07. The second kappa shape index (κ2) is 10.5. The van der Waals surface area contributed by atoms with Gasteiger partial charge in [0.2, 0.25) is 10.0 Å². The van der Waals surface area contributed by atoms with Gasteiger partial charge in [0, 0.05) is 52.0 Å². The number of sulfonamides is 1. The molecule has 2 N–H and O–H groups in total. The molecule has 0 saturated carbocycles. The summed E-state index contributed by atoms with van der Waals surface area (Å²) in [5.74, 6) is 0.633. The molecule has 7 nitrogen and oxygen atoms in total. The Morgan fingerprint density at radius 3 is 2.36 bits per heavy atom. The van der Waals surface area contributed by atoms with Crippen LogP contribution < -0.4 is 14.9 Å². The van der Waals surface area contributed by atoms with Crippen LogP contribution in [-0.2, 0) is 16.2 Å². The van der Waals surface area contributed by atoms with Crippen molar-refractivity contribution in [1.29, 1.82) is 0 Å². The van der Waals surface area contributed by atoms with E-state index in [2.05, 4.69) is 15.0 Å². The van der Waals surface area contributed by atoms with Gasteiger partial charge in [0.1, 0.15) is 0 Å². The molecule has 0 spiro atoms. The van der Waals surface area contributed by atoms with Crippen molar-refractivity contribution in [2.75, 3.05) is 57.5 Å². The van der Waals surface area contributed by atoms with Crippen molar-refractivity contribution in [2.24, 2.45) is 4.99 Å². The SMILES string of the molecule is CN=C(NCCNS(C)(=O)=O)N1CCN(c2cccc(C(F)(F)F)c2)CC1.I. The number of nitrogens with zero attached hydrogens (tertiary/aromatic N) is 3. The van der Waals surface area contributed by atoms with Gasteiger partial charge < -0.3 is 15.1 Å². The third-order valence-electron chi connectivity index (χ3n) is 4.10. The Hall–Kier alpha value is -1.28. The number of piperazine rings is 1. The molecule has 0 bridgehead atoms. The number of rotatable bonds is 5. The molecule has 0 atom stereocenters. The normalized spacial score (nSPS) is 16.0. The zero-order valence-corrected chi connectivity index (χ0v) is 18.8. The Morgan fingerprint density at radius 2 is 1.82 bits per heavy atom. The fourth-order valence-electron chi connectivity index (χ4n) is 2.80. The number of hydrogen-bond donors (Lipinski definition) is 2. The lowest BCUT2D eigenvalue weighted by molar-refractivity contribution is -0.137. The van der Waals surface area contributed by atoms with Crippen molar-refractivity contribution in [3.05, 3.63) is 29.8 Å². The Kier molecular flexibility index (Phi) is 9.27. The van der Waals surface area contributed by atoms with E-state index in [1.807, 2.05) is 9.80 Å². The molecule has 28 heavy (non-hydrogen) atoms. The van der Waals surface area contributed by atoms with Crippen LogP contribution in [0.1, 0.15) is 5.56 Å². The summed E-state index contributed by atoms with van der Waals surface area (Å²) in [7, 11) is -1.61. The Bertz CT molecular complexity index is 766. The molecule has 0 unspecified atom stereocenters. The number of alkyl halides is 3. The highest BCUT2D eigenvalue weighted by molar-refractivity contribution is 14.0. The smallest absolute Gasteiger partial charge is 0.368 e. The monoisotopic (exact) mass is 535 g/mol. The number of guanidine groups is 1. The van der Waals surface area contributed by atoms with E-state index in [0.717, 1.165) is 12.3 Å². The van der Waals surface area contributed by atoms with E-state index in [9.17, 15) is 21.6 Å². The second-order valence-electron chi connectivity index (χ2n) is 6.16. The van der Waals surface area contributed by atoms with Crippen molar-refractivity contribution in [3.8, 4) is 0 Å². The molecule has 1 fully saturated rings. The summed E-state index contributed by atoms with van der Waals surface area (Å²) in [5.41, 5.74) is -0.108. The molecule has 1 aliphatic rings. The number of aliphatic imine (C=N–C) groups is 1. The molecule has 0 amide bonds. The van der Waals surface area contributed by atoms with Crippen molar-refractivity contribution in [3.63, 3.8) is 0 Å². The summed E-state index contributed by atoms with van der Waals surface area (Å²) in [6.45, 7) is 2.92. The maximum Gasteiger partial charge on any atom is 0.416 e. The first-order chi connectivity index (χ1) is 12.6. The van der Waals surface area contributed by atoms with Crippen LogP contribution in [0, 0.1) is 0 Å². The number of nitrogens with one attached hydrogen (secondary N) is 2. The summed E-state index contributed by atoms with van der Waals surface area (Å²) in [5, 5.41) is 3.08. The van der Waals surface area contributed by atoms with Gasteiger partial charge in [-0.05, 0) is 18.2 Å². The van der Waals surface area contributed by atoms with E-state index in [-0.39, 0.29) is 30.5 Å². The highest BCUT2D eigenvalue weighted by atomic mass is 127. The molecule has 1 aliphatic heterocycles. The molecular weight excluding hydrogens is 510 g/mol. The van der Waals surface area contributed by atoms with Crippen molar-refractivity contribution in [1.82, 2.24) is 14.9 Å². The highest BCUT2D eigenvalue weighted by Gasteiger charge is 2.31. The molecule has 12 heteroatoms. The van der Waals surface area contributed by atoms with Crippen LogP contribution >= 0.6 is 24.0 Å². The van der Waals surface area contributed by atoms with E-state index in [1.165, 1.54) is 12.1 Å². The summed E-state index contributed by atoms with van der Waals surface area (Å²) < 4.78 is 63.1. The van der Waals surface area contributed by atoms with Crippen LogP contribution in [0.5, 0.6) is 0 Å². The Balaban J connectivity index is 0.00000392. The fourth-order valence-corrected chi connectivity index (χ4v) is 3.27. The molecule has 1 saturated heterocycles. The lowest BCUT2D eigenvalue weighted by Crippen LogP contribution is -2.53. The minimum Gasteiger partial charge on any atom is -0.368 e. The quantitative estimate of drug-likeness (QED) is 0.259. The van der Waals surface area contributed by atoms with Gasteiger partial charge in [0.05, 0.1) is 11.8 Å². The molecule has 1 aromatic carbocycles. The minimum absolute atomic E-state index is 0. The zero-order chi connectivity index (χ0) is 20.1. The van der Waals surface area contributed by atoms with Crippen LogP contribution in [-0.4, -0.2) is 71.8 Å². The van der Waals surface area contributed by atoms with E-state index in [4.69, 9.17) is 0 Å². The fraction of sp³-hybridized carbons (Fsp3) is 0.562. The number of halogens is 4. The number of anilines is 1. The topological polar surface area (TPSA) is 77.0 Å². The first kappa shape index (κ1) is 24.8. The molecule has 1 aromatic rings. The van der Waals surface area contributed by atoms with Gasteiger partial charge in [-0.2, -0.15) is 13.2 Å². The summed E-state index contributed by atoms with van der Waals surface area (Å²) in [6.07, 6.45) is -3.27. The van der Waals surface area contributed by atoms with E-state index in [0.29, 0.717) is 44.4 Å². The van der Waals surface area contributed by atoms with Crippen LogP contribution in [0.15, 0.2) is 29.3 Å². The van der Waals surface area contributed by atoms with E-state index >= 15 is 0 Å². The van der Waals surface area contributed by atoms with Crippen LogP contribution in [0.2, 0.25) is 0 Å². The van der Waals surface area contributed by atoms with Gasteiger partial charge in [0.25, 0.3) is 0 Å². The van der Waals surface area contributed by atoms with Crippen molar-refractivity contribution < 1.29 is 21.6 Å². The van der Waals surface area contributed by atoms with Crippen molar-refractivity contribution >= 4 is 45.6 Å². The molecule has 2 rings (SSSR count). The van der Waals surface area contributed by atoms with Gasteiger partial charge >= 0.3 is 6.18 Å². The largest absolute Gasteiger partial charge is 0.416 e. The third kappa shape index (κ3) is 7.62. The number of hydrogen-bond acceptors (Lipinski definition) is 4. The lowest BCUT2D eigenvalue weighted by atomic mass is 10.1. The van der Waals surface area contributed by atoms with E-state index < -0.39 is 21.8 Å². The molecule has 1 heterocycles. The Labute approximate surface area is 180 Å². The first-order valence-corrected chi connectivity index (χ1v) is 10.3. The van der Waals surface area contributed by atoms with Crippen LogP contribution in [0.3, 0.4) is 0 Å². The molecule has 0 aliphatic carbocycles. The summed E-state index contributed by atoms with van der Waals surface area (Å²) in [6, 6.07) is 5.32. The molecule has 160 valence electrons. The number of benzene rings is 1. The van der Waals surface area contributed by atoms with Crippen LogP contribution in [0.4, 0.5) is 18.9 Å². The van der Waals surface area contributed by atoms with Gasteiger partial charge in [-0.25, -0.2) is 13.1 Å². The molecule has 0 aromatic heterocycles. The maximum atomic E-state index is 12.9. The Morgan fingerprint density at radius 1 is 1.18 bits per heavy atom. The van der Waals surface area contributed by atoms with Gasteiger partial charge in [-0.3, -0.25) is 4.99 Å². The van der Waals surface area contributed by atoms with Gasteiger partial charge in [0.15, 0.2) is 5.96 Å².